The number of pyridine rings is 1. The Hall–Kier alpha value is -2.28. The monoisotopic (exact) mass is 503 g/mol. The molecule has 4 aliphatic rings. The van der Waals surface area contributed by atoms with Crippen LogP contribution >= 0.6 is 11.8 Å². The highest BCUT2D eigenvalue weighted by molar-refractivity contribution is 8.00. The molecule has 3 saturated carbocycles. The number of ketones is 2. The second kappa shape index (κ2) is 8.37. The lowest BCUT2D eigenvalue weighted by molar-refractivity contribution is -0.174. The van der Waals surface area contributed by atoms with E-state index in [-0.39, 0.29) is 40.5 Å². The molecule has 6 unspecified atom stereocenters. The highest BCUT2D eigenvalue weighted by atomic mass is 32.2. The van der Waals surface area contributed by atoms with Crippen molar-refractivity contribution in [2.45, 2.75) is 62.7 Å². The van der Waals surface area contributed by atoms with Gasteiger partial charge in [0.2, 0.25) is 0 Å². The summed E-state index contributed by atoms with van der Waals surface area (Å²) in [5.41, 5.74) is -1.37. The van der Waals surface area contributed by atoms with Crippen molar-refractivity contribution in [1.29, 1.82) is 0 Å². The smallest absolute Gasteiger partial charge is 0.178 e. The van der Waals surface area contributed by atoms with Crippen LogP contribution in [0.25, 0.3) is 10.8 Å². The molecule has 1 heterocycles. The van der Waals surface area contributed by atoms with Gasteiger partial charge in [0, 0.05) is 28.3 Å². The molecular weight excluding hydrogens is 470 g/mol. The van der Waals surface area contributed by atoms with Crippen molar-refractivity contribution < 1.29 is 19.8 Å². The Labute approximate surface area is 216 Å². The van der Waals surface area contributed by atoms with Crippen LogP contribution in [0.15, 0.2) is 65.4 Å². The van der Waals surface area contributed by atoms with Gasteiger partial charge in [-0.3, -0.25) is 9.59 Å². The van der Waals surface area contributed by atoms with Gasteiger partial charge in [0.05, 0.1) is 11.9 Å². The molecule has 0 aliphatic heterocycles. The molecule has 2 aromatic rings. The number of nitrogens with zero attached hydrogens (tertiary/aromatic N) is 1. The number of carbonyl (C=O) groups is 2. The van der Waals surface area contributed by atoms with Crippen LogP contribution in [0, 0.1) is 28.6 Å². The van der Waals surface area contributed by atoms with Crippen molar-refractivity contribution in [3.8, 4) is 0 Å². The van der Waals surface area contributed by atoms with E-state index in [1.807, 2.05) is 43.3 Å². The zero-order valence-corrected chi connectivity index (χ0v) is 21.6. The third-order valence-corrected chi connectivity index (χ3v) is 11.1. The second-order valence-electron chi connectivity index (χ2n) is 11.7. The lowest BCUT2D eigenvalue weighted by Gasteiger charge is -2.59. The number of aliphatic hydroxyl groups excluding tert-OH is 1. The molecule has 36 heavy (non-hydrogen) atoms. The molecule has 0 bridgehead atoms. The molecule has 3 fully saturated rings. The number of hydrogen-bond acceptors (Lipinski definition) is 6. The fourth-order valence-electron chi connectivity index (χ4n) is 8.25. The van der Waals surface area contributed by atoms with E-state index in [4.69, 9.17) is 0 Å². The topological polar surface area (TPSA) is 87.5 Å². The molecule has 6 heteroatoms. The number of allylic oxidation sites excluding steroid dienone is 4. The molecule has 1 aromatic heterocycles. The van der Waals surface area contributed by atoms with Gasteiger partial charge in [-0.05, 0) is 67.5 Å². The zero-order chi connectivity index (χ0) is 25.3. The maximum Gasteiger partial charge on any atom is 0.178 e. The van der Waals surface area contributed by atoms with E-state index in [1.165, 1.54) is 11.8 Å². The van der Waals surface area contributed by atoms with Gasteiger partial charge >= 0.3 is 0 Å². The summed E-state index contributed by atoms with van der Waals surface area (Å²) in [4.78, 5) is 30.2. The van der Waals surface area contributed by atoms with E-state index in [9.17, 15) is 19.8 Å². The lowest BCUT2D eigenvalue weighted by Crippen LogP contribution is -2.61. The van der Waals surface area contributed by atoms with Crippen LogP contribution in [0.4, 0.5) is 0 Å². The number of carbonyl (C=O) groups excluding carboxylic acids is 2. The molecule has 2 N–H and O–H groups in total. The number of benzene rings is 1. The molecule has 5 nitrogen and oxygen atoms in total. The van der Waals surface area contributed by atoms with Gasteiger partial charge in [-0.1, -0.05) is 61.5 Å². The second-order valence-corrected chi connectivity index (χ2v) is 12.6. The van der Waals surface area contributed by atoms with Crippen molar-refractivity contribution in [3.63, 3.8) is 0 Å². The predicted octanol–water partition coefficient (Wildman–Crippen LogP) is 4.91. The summed E-state index contributed by atoms with van der Waals surface area (Å²) in [6.07, 6.45) is 9.80. The minimum atomic E-state index is -1.46. The first-order valence-corrected chi connectivity index (χ1v) is 14.0. The third-order valence-electron chi connectivity index (χ3n) is 10.1. The highest BCUT2D eigenvalue weighted by Gasteiger charge is 2.67. The Kier molecular flexibility index (Phi) is 5.60. The summed E-state index contributed by atoms with van der Waals surface area (Å²) in [7, 11) is 0. The van der Waals surface area contributed by atoms with Gasteiger partial charge in [-0.2, -0.15) is 0 Å². The summed E-state index contributed by atoms with van der Waals surface area (Å²) >= 11 is 1.39. The van der Waals surface area contributed by atoms with Gasteiger partial charge in [0.15, 0.2) is 11.6 Å². The largest absolute Gasteiger partial charge is 0.393 e. The van der Waals surface area contributed by atoms with Crippen LogP contribution in [-0.2, 0) is 9.59 Å². The molecule has 0 spiro atoms. The number of hydrogen-bond donors (Lipinski definition) is 2. The van der Waals surface area contributed by atoms with E-state index in [2.05, 4.69) is 11.9 Å². The number of aliphatic hydroxyl groups is 2. The Morgan fingerprint density at radius 1 is 1.19 bits per heavy atom. The average molecular weight is 504 g/mol. The first-order chi connectivity index (χ1) is 17.2. The standard InChI is InChI=1S/C30H33NO4S/c1-28-12-9-20(32)15-19(28)7-8-22-23-10-13-30(35,29(23,2)16-24(33)26(22)28)25(34)17-36-27-21-6-4-3-5-18(21)11-14-31-27/h3-6,9,11-12,14-15,22-24,26,33,35H,7-8,10,13,16-17H2,1-2H3/t22?,23?,24?,26?,28?,29?,30-/m0/s1. The summed E-state index contributed by atoms with van der Waals surface area (Å²) in [5.74, 6) is 0.364. The van der Waals surface area contributed by atoms with Crippen LogP contribution in [0.3, 0.4) is 0 Å². The number of fused-ring (bicyclic) bond motifs is 6. The average Bonchev–Trinajstić information content (AvgIpc) is 3.13. The molecular formula is C30H33NO4S. The maximum atomic E-state index is 13.7. The van der Waals surface area contributed by atoms with Crippen LogP contribution < -0.4 is 0 Å². The van der Waals surface area contributed by atoms with E-state index in [0.29, 0.717) is 12.8 Å². The Bertz CT molecular complexity index is 1310. The fourth-order valence-corrected chi connectivity index (χ4v) is 9.23. The molecule has 4 aliphatic carbocycles. The first kappa shape index (κ1) is 24.1. The van der Waals surface area contributed by atoms with Gasteiger partial charge < -0.3 is 10.2 Å². The SMILES string of the molecule is CC12C=CC(=O)C=C1CCC1C2C(O)CC2(C)C1CC[C@]2(O)C(=O)CSc1nccc2ccccc12. The van der Waals surface area contributed by atoms with Crippen molar-refractivity contribution in [3.05, 3.63) is 60.3 Å². The van der Waals surface area contributed by atoms with Crippen molar-refractivity contribution in [2.75, 3.05) is 5.75 Å². The lowest BCUT2D eigenvalue weighted by atomic mass is 9.46. The number of rotatable bonds is 4. The minimum Gasteiger partial charge on any atom is -0.393 e. The third kappa shape index (κ3) is 3.34. The Morgan fingerprint density at radius 3 is 2.83 bits per heavy atom. The predicted molar refractivity (Wildman–Crippen MR) is 140 cm³/mol. The van der Waals surface area contributed by atoms with Gasteiger partial charge in [-0.25, -0.2) is 4.98 Å². The van der Waals surface area contributed by atoms with E-state index >= 15 is 0 Å². The Balaban J connectivity index is 1.26. The van der Waals surface area contributed by atoms with Crippen LogP contribution in [-0.4, -0.2) is 44.2 Å². The molecule has 1 aromatic carbocycles. The van der Waals surface area contributed by atoms with E-state index < -0.39 is 17.1 Å². The first-order valence-electron chi connectivity index (χ1n) is 13.0. The minimum absolute atomic E-state index is 0.00775. The van der Waals surface area contributed by atoms with E-state index in [0.717, 1.165) is 40.6 Å². The van der Waals surface area contributed by atoms with Crippen molar-refractivity contribution in [2.24, 2.45) is 28.6 Å². The molecule has 7 atom stereocenters. The van der Waals surface area contributed by atoms with Gasteiger partial charge in [-0.15, -0.1) is 0 Å². The highest BCUT2D eigenvalue weighted by Crippen LogP contribution is 2.67. The van der Waals surface area contributed by atoms with Crippen LogP contribution in [0.5, 0.6) is 0 Å². The summed E-state index contributed by atoms with van der Waals surface area (Å²) in [5, 5.41) is 26.4. The summed E-state index contributed by atoms with van der Waals surface area (Å²) in [6.45, 7) is 4.17. The molecule has 188 valence electrons. The zero-order valence-electron chi connectivity index (χ0n) is 20.8. The van der Waals surface area contributed by atoms with Gasteiger partial charge in [0.1, 0.15) is 10.6 Å². The van der Waals surface area contributed by atoms with Gasteiger partial charge in [0.25, 0.3) is 0 Å². The van der Waals surface area contributed by atoms with E-state index in [1.54, 1.807) is 18.3 Å². The van der Waals surface area contributed by atoms with Crippen LogP contribution in [0.1, 0.15) is 46.0 Å². The quantitative estimate of drug-likeness (QED) is 0.577. The molecule has 0 amide bonds. The summed E-state index contributed by atoms with van der Waals surface area (Å²) < 4.78 is 0. The Morgan fingerprint density at radius 2 is 2.00 bits per heavy atom. The molecule has 0 saturated heterocycles. The number of thioether (sulfide) groups is 1. The van der Waals surface area contributed by atoms with Crippen molar-refractivity contribution in [1.82, 2.24) is 4.98 Å². The fraction of sp³-hybridized carbons (Fsp3) is 0.500. The van der Waals surface area contributed by atoms with Crippen LogP contribution in [0.2, 0.25) is 0 Å². The normalized spacial score (nSPS) is 39.3. The molecule has 0 radical (unpaired) electrons. The summed E-state index contributed by atoms with van der Waals surface area (Å²) in [6, 6.07) is 9.95. The van der Waals surface area contributed by atoms with Crippen molar-refractivity contribution >= 4 is 34.1 Å². The number of Topliss-reactive ketones (excluding diaryl/α,β-unsaturated/α-hetero) is 1. The molecule has 6 rings (SSSR count). The number of aromatic nitrogens is 1. The maximum absolute atomic E-state index is 13.7.